The van der Waals surface area contributed by atoms with Gasteiger partial charge in [-0.1, -0.05) is 6.07 Å². The van der Waals surface area contributed by atoms with E-state index in [-0.39, 0.29) is 6.54 Å². The zero-order valence-electron chi connectivity index (χ0n) is 8.86. The summed E-state index contributed by atoms with van der Waals surface area (Å²) < 4.78 is 0. The van der Waals surface area contributed by atoms with Crippen LogP contribution in [0.15, 0.2) is 23.1 Å². The monoisotopic (exact) mass is 225 g/mol. The number of aliphatic carboxylic acids is 1. The zero-order valence-corrected chi connectivity index (χ0v) is 9.67. The summed E-state index contributed by atoms with van der Waals surface area (Å²) in [7, 11) is 0. The molecule has 1 atom stereocenters. The van der Waals surface area contributed by atoms with Crippen LogP contribution in [0, 0.1) is 13.8 Å². The minimum atomic E-state index is -0.860. The Morgan fingerprint density at radius 2 is 2.13 bits per heavy atom. The Bertz CT molecular complexity index is 366. The lowest BCUT2D eigenvalue weighted by molar-refractivity contribution is -0.136. The lowest BCUT2D eigenvalue weighted by atomic mass is 10.1. The molecule has 0 saturated carbocycles. The molecule has 1 aromatic carbocycles. The van der Waals surface area contributed by atoms with Gasteiger partial charge in [0.25, 0.3) is 0 Å². The van der Waals surface area contributed by atoms with Crippen molar-refractivity contribution in [1.29, 1.82) is 0 Å². The lowest BCUT2D eigenvalue weighted by Gasteiger charge is -2.10. The summed E-state index contributed by atoms with van der Waals surface area (Å²) in [4.78, 5) is 11.7. The van der Waals surface area contributed by atoms with Crippen molar-refractivity contribution in [3.8, 4) is 0 Å². The number of aryl methyl sites for hydroxylation is 2. The van der Waals surface area contributed by atoms with Gasteiger partial charge in [0, 0.05) is 11.4 Å². The van der Waals surface area contributed by atoms with Crippen LogP contribution in [0.3, 0.4) is 0 Å². The topological polar surface area (TPSA) is 63.3 Å². The molecule has 0 saturated heterocycles. The highest BCUT2D eigenvalue weighted by atomic mass is 32.2. The number of carboxylic acid groups (broad SMARTS) is 1. The predicted molar refractivity (Wildman–Crippen MR) is 62.3 cm³/mol. The van der Waals surface area contributed by atoms with E-state index in [1.54, 1.807) is 0 Å². The molecule has 0 aliphatic heterocycles. The van der Waals surface area contributed by atoms with E-state index in [1.165, 1.54) is 22.9 Å². The normalized spacial score (nSPS) is 12.5. The molecule has 0 aromatic heterocycles. The SMILES string of the molecule is Cc1ccc(SC(CN)C(=O)O)cc1C. The van der Waals surface area contributed by atoms with Crippen molar-refractivity contribution in [2.75, 3.05) is 6.54 Å². The van der Waals surface area contributed by atoms with Crippen molar-refractivity contribution in [3.05, 3.63) is 29.3 Å². The Balaban J connectivity index is 2.80. The molecule has 0 heterocycles. The Morgan fingerprint density at radius 3 is 2.60 bits per heavy atom. The summed E-state index contributed by atoms with van der Waals surface area (Å²) >= 11 is 1.30. The van der Waals surface area contributed by atoms with Crippen molar-refractivity contribution in [3.63, 3.8) is 0 Å². The van der Waals surface area contributed by atoms with E-state index >= 15 is 0 Å². The highest BCUT2D eigenvalue weighted by molar-refractivity contribution is 8.00. The predicted octanol–water partition coefficient (Wildman–Crippen LogP) is 1.81. The van der Waals surface area contributed by atoms with E-state index in [2.05, 4.69) is 0 Å². The van der Waals surface area contributed by atoms with Crippen LogP contribution in [0.25, 0.3) is 0 Å². The van der Waals surface area contributed by atoms with Gasteiger partial charge >= 0.3 is 5.97 Å². The second-order valence-corrected chi connectivity index (χ2v) is 4.70. The minimum absolute atomic E-state index is 0.146. The van der Waals surface area contributed by atoms with Crippen LogP contribution in [-0.2, 0) is 4.79 Å². The van der Waals surface area contributed by atoms with Crippen molar-refractivity contribution >= 4 is 17.7 Å². The molecule has 3 nitrogen and oxygen atoms in total. The maximum atomic E-state index is 10.8. The van der Waals surface area contributed by atoms with Gasteiger partial charge in [-0.25, -0.2) is 0 Å². The van der Waals surface area contributed by atoms with E-state index in [4.69, 9.17) is 10.8 Å². The van der Waals surface area contributed by atoms with Crippen molar-refractivity contribution in [1.82, 2.24) is 0 Å². The average molecular weight is 225 g/mol. The van der Waals surface area contributed by atoms with Crippen LogP contribution < -0.4 is 5.73 Å². The molecule has 15 heavy (non-hydrogen) atoms. The van der Waals surface area contributed by atoms with Gasteiger partial charge in [-0.15, -0.1) is 11.8 Å². The number of rotatable bonds is 4. The van der Waals surface area contributed by atoms with Crippen molar-refractivity contribution < 1.29 is 9.90 Å². The molecular weight excluding hydrogens is 210 g/mol. The number of hydrogen-bond donors (Lipinski definition) is 2. The van der Waals surface area contributed by atoms with Crippen molar-refractivity contribution in [2.24, 2.45) is 5.73 Å². The zero-order chi connectivity index (χ0) is 11.4. The van der Waals surface area contributed by atoms with E-state index in [1.807, 2.05) is 32.0 Å². The molecule has 1 rings (SSSR count). The number of carbonyl (C=O) groups is 1. The molecule has 0 bridgehead atoms. The quantitative estimate of drug-likeness (QED) is 0.767. The molecule has 82 valence electrons. The first-order valence-corrected chi connectivity index (χ1v) is 5.59. The minimum Gasteiger partial charge on any atom is -0.480 e. The number of carboxylic acids is 1. The molecule has 0 spiro atoms. The third-order valence-electron chi connectivity index (χ3n) is 2.25. The average Bonchev–Trinajstić information content (AvgIpc) is 2.19. The maximum absolute atomic E-state index is 10.8. The second-order valence-electron chi connectivity index (χ2n) is 3.43. The highest BCUT2D eigenvalue weighted by Crippen LogP contribution is 2.25. The van der Waals surface area contributed by atoms with Gasteiger partial charge in [0.1, 0.15) is 5.25 Å². The smallest absolute Gasteiger partial charge is 0.318 e. The molecule has 0 aliphatic rings. The Kier molecular flexibility index (Phi) is 4.17. The first-order chi connectivity index (χ1) is 7.04. The van der Waals surface area contributed by atoms with Crippen LogP contribution >= 0.6 is 11.8 Å². The van der Waals surface area contributed by atoms with E-state index in [0.717, 1.165) is 4.90 Å². The van der Waals surface area contributed by atoms with Gasteiger partial charge in [0.05, 0.1) is 0 Å². The number of thioether (sulfide) groups is 1. The highest BCUT2D eigenvalue weighted by Gasteiger charge is 2.16. The molecular formula is C11H15NO2S. The van der Waals surface area contributed by atoms with Gasteiger partial charge in [-0.2, -0.15) is 0 Å². The van der Waals surface area contributed by atoms with Crippen LogP contribution in [0.2, 0.25) is 0 Å². The number of benzene rings is 1. The third-order valence-corrected chi connectivity index (χ3v) is 3.45. The fourth-order valence-corrected chi connectivity index (χ4v) is 2.07. The molecule has 1 unspecified atom stereocenters. The number of nitrogens with two attached hydrogens (primary N) is 1. The van der Waals surface area contributed by atoms with Gasteiger partial charge < -0.3 is 10.8 Å². The van der Waals surface area contributed by atoms with Crippen LogP contribution in [0.5, 0.6) is 0 Å². The van der Waals surface area contributed by atoms with Gasteiger partial charge in [-0.3, -0.25) is 4.79 Å². The lowest BCUT2D eigenvalue weighted by Crippen LogP contribution is -2.25. The molecule has 0 fully saturated rings. The number of hydrogen-bond acceptors (Lipinski definition) is 3. The summed E-state index contributed by atoms with van der Waals surface area (Å²) in [6.45, 7) is 4.19. The third kappa shape index (κ3) is 3.25. The summed E-state index contributed by atoms with van der Waals surface area (Å²) in [6.07, 6.45) is 0. The van der Waals surface area contributed by atoms with Gasteiger partial charge in [0.15, 0.2) is 0 Å². The summed E-state index contributed by atoms with van der Waals surface area (Å²) in [5.74, 6) is -0.860. The Labute approximate surface area is 93.7 Å². The molecule has 3 N–H and O–H groups in total. The molecule has 0 aliphatic carbocycles. The summed E-state index contributed by atoms with van der Waals surface area (Å²) in [6, 6.07) is 5.91. The van der Waals surface area contributed by atoms with Crippen LogP contribution in [0.1, 0.15) is 11.1 Å². The summed E-state index contributed by atoms with van der Waals surface area (Å²) in [5, 5.41) is 8.29. The van der Waals surface area contributed by atoms with Crippen LogP contribution in [-0.4, -0.2) is 22.9 Å². The van der Waals surface area contributed by atoms with Gasteiger partial charge in [0.2, 0.25) is 0 Å². The molecule has 1 aromatic rings. The fraction of sp³-hybridized carbons (Fsp3) is 0.364. The molecule has 4 heteroatoms. The Morgan fingerprint density at radius 1 is 1.47 bits per heavy atom. The van der Waals surface area contributed by atoms with E-state index in [0.29, 0.717) is 0 Å². The fourth-order valence-electron chi connectivity index (χ4n) is 1.15. The standard InChI is InChI=1S/C11H15NO2S/c1-7-3-4-9(5-8(7)2)15-10(6-12)11(13)14/h3-5,10H,6,12H2,1-2H3,(H,13,14). The van der Waals surface area contributed by atoms with E-state index in [9.17, 15) is 4.79 Å². The second kappa shape index (κ2) is 5.19. The maximum Gasteiger partial charge on any atom is 0.318 e. The summed E-state index contributed by atoms with van der Waals surface area (Å²) in [5.41, 5.74) is 7.76. The largest absolute Gasteiger partial charge is 0.480 e. The Hall–Kier alpha value is -1.00. The van der Waals surface area contributed by atoms with Crippen LogP contribution in [0.4, 0.5) is 0 Å². The van der Waals surface area contributed by atoms with Crippen molar-refractivity contribution in [2.45, 2.75) is 24.0 Å². The molecule has 0 radical (unpaired) electrons. The molecule has 0 amide bonds. The first kappa shape index (κ1) is 12.1. The van der Waals surface area contributed by atoms with Gasteiger partial charge in [-0.05, 0) is 37.1 Å². The van der Waals surface area contributed by atoms with E-state index < -0.39 is 11.2 Å². The first-order valence-electron chi connectivity index (χ1n) is 4.71.